The Hall–Kier alpha value is -4.45. The van der Waals surface area contributed by atoms with E-state index in [0.29, 0.717) is 59.5 Å². The molecule has 2 N–H and O–H groups in total. The van der Waals surface area contributed by atoms with Crippen LogP contribution >= 0.6 is 23.2 Å². The maximum atomic E-state index is 15.7. The van der Waals surface area contributed by atoms with Crippen molar-refractivity contribution in [2.24, 2.45) is 19.5 Å². The van der Waals surface area contributed by atoms with Crippen LogP contribution in [0.3, 0.4) is 0 Å². The maximum absolute atomic E-state index is 15.7. The SMILES string of the molecule is COc1cc(-c2cccc(-c3cccc(NC(=O)c4cn(C)c(=O)n(C)c4=O)c3Cl)c2Cl)cc(F)c1CN1CCC(C)(C(=O)O)CC1. The van der Waals surface area contributed by atoms with Gasteiger partial charge in [-0.1, -0.05) is 53.5 Å². The first-order chi connectivity index (χ1) is 22.2. The number of aryl methyl sites for hydroxylation is 1. The number of aromatic nitrogens is 2. The summed E-state index contributed by atoms with van der Waals surface area (Å²) < 4.78 is 23.3. The number of nitrogens with one attached hydrogen (secondary N) is 1. The zero-order valence-corrected chi connectivity index (χ0v) is 27.7. The third-order valence-corrected chi connectivity index (χ3v) is 9.58. The first-order valence-electron chi connectivity index (χ1n) is 14.7. The molecule has 0 atom stereocenters. The number of likely N-dealkylation sites (tertiary alicyclic amines) is 1. The van der Waals surface area contributed by atoms with E-state index in [4.69, 9.17) is 27.9 Å². The number of carbonyl (C=O) groups is 2. The fourth-order valence-electron chi connectivity index (χ4n) is 5.70. The van der Waals surface area contributed by atoms with Crippen molar-refractivity contribution in [3.63, 3.8) is 0 Å². The number of anilines is 1. The highest BCUT2D eigenvalue weighted by atomic mass is 35.5. The molecule has 0 unspecified atom stereocenters. The van der Waals surface area contributed by atoms with Gasteiger partial charge in [0.25, 0.3) is 11.5 Å². The summed E-state index contributed by atoms with van der Waals surface area (Å²) >= 11 is 13.7. The molecule has 13 heteroatoms. The normalized spacial score (nSPS) is 14.5. The van der Waals surface area contributed by atoms with Crippen molar-refractivity contribution < 1.29 is 23.8 Å². The Morgan fingerprint density at radius 2 is 1.62 bits per heavy atom. The molecule has 2 heterocycles. The zero-order chi connectivity index (χ0) is 34.2. The summed E-state index contributed by atoms with van der Waals surface area (Å²) in [6, 6.07) is 13.3. The second-order valence-corrected chi connectivity index (χ2v) is 12.6. The molecule has 0 spiro atoms. The number of ether oxygens (including phenoxy) is 1. The molecule has 10 nitrogen and oxygen atoms in total. The van der Waals surface area contributed by atoms with Crippen molar-refractivity contribution in [1.82, 2.24) is 14.0 Å². The average Bonchev–Trinajstić information content (AvgIpc) is 3.04. The summed E-state index contributed by atoms with van der Waals surface area (Å²) in [5.41, 5.74) is 0.205. The number of aliphatic carboxylic acids is 1. The summed E-state index contributed by atoms with van der Waals surface area (Å²) in [5.74, 6) is -1.72. The van der Waals surface area contributed by atoms with Gasteiger partial charge in [0.05, 0.1) is 28.3 Å². The Balaban J connectivity index is 1.44. The molecule has 0 radical (unpaired) electrons. The van der Waals surface area contributed by atoms with Crippen molar-refractivity contribution in [3.05, 3.63) is 103 Å². The van der Waals surface area contributed by atoms with Crippen LogP contribution in [0.2, 0.25) is 10.0 Å². The molecule has 1 aliphatic heterocycles. The van der Waals surface area contributed by atoms with Crippen LogP contribution in [0.15, 0.2) is 64.3 Å². The Bertz CT molecular complexity index is 2020. The number of hydrogen-bond acceptors (Lipinski definition) is 6. The van der Waals surface area contributed by atoms with Gasteiger partial charge in [0.2, 0.25) is 0 Å². The van der Waals surface area contributed by atoms with Gasteiger partial charge in [0, 0.05) is 49.1 Å². The number of hydrogen-bond donors (Lipinski definition) is 2. The van der Waals surface area contributed by atoms with Gasteiger partial charge in [-0.3, -0.25) is 23.9 Å². The average molecular weight is 684 g/mol. The van der Waals surface area contributed by atoms with Crippen LogP contribution in [0.4, 0.5) is 10.1 Å². The van der Waals surface area contributed by atoms with E-state index in [2.05, 4.69) is 5.32 Å². The number of methoxy groups -OCH3 is 1. The monoisotopic (exact) mass is 682 g/mol. The molecule has 5 rings (SSSR count). The van der Waals surface area contributed by atoms with Crippen molar-refractivity contribution in [2.45, 2.75) is 26.3 Å². The zero-order valence-electron chi connectivity index (χ0n) is 26.2. The van der Waals surface area contributed by atoms with Gasteiger partial charge in [-0.05, 0) is 56.6 Å². The minimum absolute atomic E-state index is 0.154. The lowest BCUT2D eigenvalue weighted by atomic mass is 9.80. The smallest absolute Gasteiger partial charge is 0.330 e. The highest BCUT2D eigenvalue weighted by Crippen LogP contribution is 2.43. The van der Waals surface area contributed by atoms with Crippen LogP contribution in [0.5, 0.6) is 5.75 Å². The fourth-order valence-corrected chi connectivity index (χ4v) is 6.31. The molecule has 47 heavy (non-hydrogen) atoms. The second-order valence-electron chi connectivity index (χ2n) is 11.9. The molecule has 3 aromatic carbocycles. The van der Waals surface area contributed by atoms with E-state index in [1.165, 1.54) is 27.3 Å². The largest absolute Gasteiger partial charge is 0.496 e. The standard InChI is InChI=1S/C34H33Cl2FN4O6/c1-34(32(44)45)11-13-41(14-12-34)18-23-25(37)15-19(16-27(23)47-4)20-7-5-8-21(28(20)35)22-9-6-10-26(29(22)36)38-30(42)24-17-39(2)33(46)40(3)31(24)43/h5-10,15-17H,11-14,18H2,1-4H3,(H,38,42)(H,44,45). The van der Waals surface area contributed by atoms with Gasteiger partial charge in [-0.15, -0.1) is 0 Å². The lowest BCUT2D eigenvalue weighted by molar-refractivity contribution is -0.150. The number of amides is 1. The molecule has 0 saturated carbocycles. The van der Waals surface area contributed by atoms with Crippen LogP contribution in [0.25, 0.3) is 22.3 Å². The molecule has 0 bridgehead atoms. The van der Waals surface area contributed by atoms with Gasteiger partial charge >= 0.3 is 11.7 Å². The third kappa shape index (κ3) is 6.56. The molecule has 1 aromatic heterocycles. The molecular formula is C34H33Cl2FN4O6. The van der Waals surface area contributed by atoms with Crippen LogP contribution in [0.1, 0.15) is 35.7 Å². The summed E-state index contributed by atoms with van der Waals surface area (Å²) in [6.45, 7) is 3.03. The molecule has 4 aromatic rings. The highest BCUT2D eigenvalue weighted by Gasteiger charge is 2.37. The van der Waals surface area contributed by atoms with Crippen LogP contribution in [0, 0.1) is 11.2 Å². The second kappa shape index (κ2) is 13.3. The maximum Gasteiger partial charge on any atom is 0.330 e. The molecule has 246 valence electrons. The molecule has 1 fully saturated rings. The number of benzene rings is 3. The number of carboxylic acid groups (broad SMARTS) is 1. The van der Waals surface area contributed by atoms with Crippen molar-refractivity contribution in [3.8, 4) is 28.0 Å². The third-order valence-electron chi connectivity index (χ3n) is 8.77. The van der Waals surface area contributed by atoms with Crippen molar-refractivity contribution >= 4 is 40.8 Å². The van der Waals surface area contributed by atoms with E-state index in [1.54, 1.807) is 49.4 Å². The highest BCUT2D eigenvalue weighted by molar-refractivity contribution is 6.39. The van der Waals surface area contributed by atoms with E-state index >= 15 is 4.39 Å². The minimum atomic E-state index is -0.824. The van der Waals surface area contributed by atoms with E-state index in [1.807, 2.05) is 4.90 Å². The summed E-state index contributed by atoms with van der Waals surface area (Å²) in [7, 11) is 4.18. The van der Waals surface area contributed by atoms with E-state index in [9.17, 15) is 24.3 Å². The number of piperidine rings is 1. The number of halogens is 3. The Morgan fingerprint density at radius 3 is 2.26 bits per heavy atom. The molecule has 0 aliphatic carbocycles. The topological polar surface area (TPSA) is 123 Å². The minimum Gasteiger partial charge on any atom is -0.496 e. The number of carbonyl (C=O) groups excluding carboxylic acids is 1. The number of rotatable bonds is 8. The first kappa shape index (κ1) is 33.9. The Kier molecular flexibility index (Phi) is 9.63. The lowest BCUT2D eigenvalue weighted by Gasteiger charge is -2.36. The Morgan fingerprint density at radius 1 is 1.00 bits per heavy atom. The molecular weight excluding hydrogens is 650 g/mol. The van der Waals surface area contributed by atoms with Gasteiger partial charge in [-0.2, -0.15) is 0 Å². The summed E-state index contributed by atoms with van der Waals surface area (Å²) in [6.07, 6.45) is 2.09. The van der Waals surface area contributed by atoms with Crippen molar-refractivity contribution in [1.29, 1.82) is 0 Å². The number of nitrogens with zero attached hydrogens (tertiary/aromatic N) is 3. The first-order valence-corrected chi connectivity index (χ1v) is 15.5. The van der Waals surface area contributed by atoms with E-state index in [-0.39, 0.29) is 27.8 Å². The van der Waals surface area contributed by atoms with Gasteiger partial charge in [0.15, 0.2) is 0 Å². The van der Waals surface area contributed by atoms with Gasteiger partial charge in [0.1, 0.15) is 17.1 Å². The van der Waals surface area contributed by atoms with Gasteiger partial charge in [-0.25, -0.2) is 9.18 Å². The Labute approximate surface area is 279 Å². The predicted octanol–water partition coefficient (Wildman–Crippen LogP) is 5.81. The van der Waals surface area contributed by atoms with Crippen LogP contribution in [-0.4, -0.2) is 51.2 Å². The molecule has 1 amide bonds. The quantitative estimate of drug-likeness (QED) is 0.240. The lowest BCUT2D eigenvalue weighted by Crippen LogP contribution is -2.42. The molecule has 1 saturated heterocycles. The van der Waals surface area contributed by atoms with E-state index < -0.39 is 34.4 Å². The van der Waals surface area contributed by atoms with Crippen LogP contribution < -0.4 is 21.3 Å². The van der Waals surface area contributed by atoms with E-state index in [0.717, 1.165) is 15.3 Å². The summed E-state index contributed by atoms with van der Waals surface area (Å²) in [5, 5.41) is 12.6. The molecule has 1 aliphatic rings. The van der Waals surface area contributed by atoms with Gasteiger partial charge < -0.3 is 19.7 Å². The number of carboxylic acids is 1. The predicted molar refractivity (Wildman–Crippen MR) is 179 cm³/mol. The fraction of sp³-hybridized carbons (Fsp3) is 0.294. The van der Waals surface area contributed by atoms with Crippen LogP contribution in [-0.2, 0) is 25.4 Å². The summed E-state index contributed by atoms with van der Waals surface area (Å²) in [4.78, 5) is 51.3. The van der Waals surface area contributed by atoms with Crippen molar-refractivity contribution in [2.75, 3.05) is 25.5 Å².